The molecule has 0 aliphatic carbocycles. The van der Waals surface area contributed by atoms with Crippen molar-refractivity contribution in [3.05, 3.63) is 0 Å². The van der Waals surface area contributed by atoms with Gasteiger partial charge in [-0.15, -0.1) is 0 Å². The SMILES string of the molecule is CCCCCCCCC(N)(N)N.NCCCCC(CN)CCCN. The van der Waals surface area contributed by atoms with Crippen LogP contribution < -0.4 is 34.4 Å². The zero-order valence-electron chi connectivity index (χ0n) is 16.1. The van der Waals surface area contributed by atoms with E-state index in [1.54, 1.807) is 0 Å². The van der Waals surface area contributed by atoms with Crippen LogP contribution in [0.3, 0.4) is 0 Å². The van der Waals surface area contributed by atoms with Gasteiger partial charge in [-0.1, -0.05) is 45.4 Å². The van der Waals surface area contributed by atoms with Crippen molar-refractivity contribution < 1.29 is 0 Å². The Balaban J connectivity index is 0. The molecule has 0 saturated carbocycles. The van der Waals surface area contributed by atoms with Crippen molar-refractivity contribution in [3.63, 3.8) is 0 Å². The number of hydrogen-bond acceptors (Lipinski definition) is 6. The van der Waals surface area contributed by atoms with E-state index in [1.165, 1.54) is 51.4 Å². The van der Waals surface area contributed by atoms with Gasteiger partial charge in [-0.05, 0) is 64.1 Å². The van der Waals surface area contributed by atoms with E-state index in [-0.39, 0.29) is 0 Å². The van der Waals surface area contributed by atoms with Gasteiger partial charge in [0.05, 0.1) is 0 Å². The standard InChI is InChI=1S/2C9H23N3/c10-6-2-1-4-9(8-12)5-3-7-11;1-2-3-4-5-6-7-8-9(10,11)12/h9H,1-8,10-12H2;2-8,10-12H2,1H3. The van der Waals surface area contributed by atoms with E-state index < -0.39 is 5.79 Å². The zero-order valence-corrected chi connectivity index (χ0v) is 16.1. The van der Waals surface area contributed by atoms with Crippen LogP contribution in [0.4, 0.5) is 0 Å². The summed E-state index contributed by atoms with van der Waals surface area (Å²) in [4.78, 5) is 0. The molecule has 0 aliphatic heterocycles. The number of rotatable bonds is 15. The van der Waals surface area contributed by atoms with Gasteiger partial charge in [-0.2, -0.15) is 0 Å². The first-order valence-corrected chi connectivity index (χ1v) is 9.88. The maximum absolute atomic E-state index is 5.62. The van der Waals surface area contributed by atoms with Crippen LogP contribution in [0.5, 0.6) is 0 Å². The maximum Gasteiger partial charge on any atom is 0.115 e. The number of nitrogens with two attached hydrogens (primary N) is 6. The Morgan fingerprint density at radius 3 is 1.71 bits per heavy atom. The molecule has 0 aromatic carbocycles. The van der Waals surface area contributed by atoms with Gasteiger partial charge in [0, 0.05) is 0 Å². The molecule has 12 N–H and O–H groups in total. The third kappa shape index (κ3) is 24.0. The molecule has 0 aliphatic rings. The minimum atomic E-state index is -0.954. The average molecular weight is 347 g/mol. The average Bonchev–Trinajstić information content (AvgIpc) is 2.54. The molecule has 0 fully saturated rings. The van der Waals surface area contributed by atoms with Crippen molar-refractivity contribution in [1.82, 2.24) is 0 Å². The highest BCUT2D eigenvalue weighted by Gasteiger charge is 2.09. The summed E-state index contributed by atoms with van der Waals surface area (Å²) in [6.07, 6.45) is 14.0. The molecule has 24 heavy (non-hydrogen) atoms. The molecule has 6 heteroatoms. The van der Waals surface area contributed by atoms with Gasteiger partial charge in [-0.25, -0.2) is 0 Å². The van der Waals surface area contributed by atoms with Gasteiger partial charge in [0.1, 0.15) is 5.79 Å². The Kier molecular flexibility index (Phi) is 20.7. The topological polar surface area (TPSA) is 156 Å². The second kappa shape index (κ2) is 19.1. The van der Waals surface area contributed by atoms with Crippen LogP contribution in [0, 0.1) is 5.92 Å². The van der Waals surface area contributed by atoms with Crippen LogP contribution in [-0.2, 0) is 0 Å². The van der Waals surface area contributed by atoms with Crippen LogP contribution in [-0.4, -0.2) is 25.4 Å². The number of hydrogen-bond donors (Lipinski definition) is 6. The monoisotopic (exact) mass is 346 g/mol. The molecular formula is C18H46N6. The molecule has 0 aromatic heterocycles. The van der Waals surface area contributed by atoms with Crippen LogP contribution in [0.2, 0.25) is 0 Å². The molecular weight excluding hydrogens is 300 g/mol. The molecule has 0 spiro atoms. The van der Waals surface area contributed by atoms with Crippen LogP contribution >= 0.6 is 0 Å². The first-order chi connectivity index (χ1) is 11.4. The summed E-state index contributed by atoms with van der Waals surface area (Å²) in [6.45, 7) is 4.59. The van der Waals surface area contributed by atoms with Gasteiger partial charge in [0.2, 0.25) is 0 Å². The lowest BCUT2D eigenvalue weighted by Crippen LogP contribution is -2.57. The predicted molar refractivity (Wildman–Crippen MR) is 107 cm³/mol. The zero-order chi connectivity index (χ0) is 18.7. The Hall–Kier alpha value is -0.240. The summed E-state index contributed by atoms with van der Waals surface area (Å²) in [5, 5.41) is 0. The smallest absolute Gasteiger partial charge is 0.115 e. The van der Waals surface area contributed by atoms with E-state index in [4.69, 9.17) is 34.4 Å². The molecule has 0 amide bonds. The number of unbranched alkanes of at least 4 members (excludes halogenated alkanes) is 6. The van der Waals surface area contributed by atoms with Crippen LogP contribution in [0.25, 0.3) is 0 Å². The van der Waals surface area contributed by atoms with E-state index in [2.05, 4.69) is 6.92 Å². The summed E-state index contributed by atoms with van der Waals surface area (Å²) < 4.78 is 0. The maximum atomic E-state index is 5.62. The van der Waals surface area contributed by atoms with Crippen molar-refractivity contribution in [2.75, 3.05) is 19.6 Å². The third-order valence-corrected chi connectivity index (χ3v) is 4.18. The molecule has 148 valence electrons. The van der Waals surface area contributed by atoms with Crippen molar-refractivity contribution in [2.24, 2.45) is 40.3 Å². The fourth-order valence-corrected chi connectivity index (χ4v) is 2.58. The van der Waals surface area contributed by atoms with Gasteiger partial charge in [0.25, 0.3) is 0 Å². The Morgan fingerprint density at radius 1 is 0.667 bits per heavy atom. The largest absolute Gasteiger partial charge is 0.330 e. The second-order valence-electron chi connectivity index (χ2n) is 6.95. The van der Waals surface area contributed by atoms with Crippen molar-refractivity contribution in [3.8, 4) is 0 Å². The molecule has 0 saturated heterocycles. The van der Waals surface area contributed by atoms with Gasteiger partial charge in [0.15, 0.2) is 0 Å². The molecule has 0 rings (SSSR count). The highest BCUT2D eigenvalue weighted by atomic mass is 15.1. The van der Waals surface area contributed by atoms with Crippen molar-refractivity contribution in [1.29, 1.82) is 0 Å². The summed E-state index contributed by atoms with van der Waals surface area (Å²) in [7, 11) is 0. The summed E-state index contributed by atoms with van der Waals surface area (Å²) in [6, 6.07) is 0. The van der Waals surface area contributed by atoms with E-state index in [9.17, 15) is 0 Å². The highest BCUT2D eigenvalue weighted by molar-refractivity contribution is 4.66. The summed E-state index contributed by atoms with van der Waals surface area (Å²) in [5.41, 5.74) is 32.8. The highest BCUT2D eigenvalue weighted by Crippen LogP contribution is 2.12. The first-order valence-electron chi connectivity index (χ1n) is 9.88. The fraction of sp³-hybridized carbons (Fsp3) is 1.00. The quantitative estimate of drug-likeness (QED) is 0.196. The van der Waals surface area contributed by atoms with E-state index in [0.717, 1.165) is 45.3 Å². The van der Waals surface area contributed by atoms with Gasteiger partial charge in [-0.3, -0.25) is 0 Å². The Bertz CT molecular complexity index is 230. The third-order valence-electron chi connectivity index (χ3n) is 4.18. The lowest BCUT2D eigenvalue weighted by Gasteiger charge is -2.17. The van der Waals surface area contributed by atoms with Crippen molar-refractivity contribution >= 4 is 0 Å². The van der Waals surface area contributed by atoms with Gasteiger partial charge >= 0.3 is 0 Å². The van der Waals surface area contributed by atoms with E-state index in [1.807, 2.05) is 0 Å². The Morgan fingerprint density at radius 2 is 1.21 bits per heavy atom. The lowest BCUT2D eigenvalue weighted by molar-refractivity contribution is 0.400. The first kappa shape index (κ1) is 26.0. The molecule has 1 atom stereocenters. The van der Waals surface area contributed by atoms with E-state index in [0.29, 0.717) is 5.92 Å². The second-order valence-corrected chi connectivity index (χ2v) is 6.95. The molecule has 0 heterocycles. The Labute approximate surface area is 150 Å². The molecule has 6 nitrogen and oxygen atoms in total. The van der Waals surface area contributed by atoms with Crippen LogP contribution in [0.1, 0.15) is 84.0 Å². The minimum Gasteiger partial charge on any atom is -0.330 e. The molecule has 0 aromatic rings. The fourth-order valence-electron chi connectivity index (χ4n) is 2.58. The summed E-state index contributed by atoms with van der Waals surface area (Å²) >= 11 is 0. The van der Waals surface area contributed by atoms with E-state index >= 15 is 0 Å². The minimum absolute atomic E-state index is 0.667. The molecule has 0 radical (unpaired) electrons. The normalized spacial score (nSPS) is 12.6. The molecule has 1 unspecified atom stereocenters. The van der Waals surface area contributed by atoms with Crippen molar-refractivity contribution in [2.45, 2.75) is 89.8 Å². The molecule has 0 bridgehead atoms. The van der Waals surface area contributed by atoms with Crippen LogP contribution in [0.15, 0.2) is 0 Å². The van der Waals surface area contributed by atoms with Gasteiger partial charge < -0.3 is 34.4 Å². The predicted octanol–water partition coefficient (Wildman–Crippen LogP) is 1.70. The lowest BCUT2D eigenvalue weighted by atomic mass is 9.97. The summed E-state index contributed by atoms with van der Waals surface area (Å²) in [5.74, 6) is -0.287.